The Kier molecular flexibility index (Phi) is 5.88. The number of likely N-dealkylation sites (tertiary alicyclic amines) is 1. The normalized spacial score (nSPS) is 18.5. The highest BCUT2D eigenvalue weighted by molar-refractivity contribution is 9.10. The summed E-state index contributed by atoms with van der Waals surface area (Å²) in [4.78, 5) is 14.2. The van der Waals surface area contributed by atoms with Crippen molar-refractivity contribution in [3.63, 3.8) is 0 Å². The number of rotatable bonds is 5. The quantitative estimate of drug-likeness (QED) is 0.542. The molecule has 1 N–H and O–H groups in total. The second kappa shape index (κ2) is 8.56. The van der Waals surface area contributed by atoms with Gasteiger partial charge in [0.25, 0.3) is 0 Å². The lowest BCUT2D eigenvalue weighted by atomic mass is 9.90. The van der Waals surface area contributed by atoms with E-state index in [1.54, 1.807) is 7.11 Å². The molecule has 3 aromatic carbocycles. The molecule has 0 bridgehead atoms. The van der Waals surface area contributed by atoms with Gasteiger partial charge in [-0.15, -0.1) is 0 Å². The number of hydrogen-bond donors (Lipinski definition) is 1. The summed E-state index contributed by atoms with van der Waals surface area (Å²) >= 11 is 3.58. The van der Waals surface area contributed by atoms with Gasteiger partial charge < -0.3 is 9.84 Å². The van der Waals surface area contributed by atoms with Gasteiger partial charge in [-0.2, -0.15) is 0 Å². The first-order chi connectivity index (χ1) is 14.1. The van der Waals surface area contributed by atoms with Crippen molar-refractivity contribution in [2.45, 2.75) is 31.3 Å². The molecule has 29 heavy (non-hydrogen) atoms. The average Bonchev–Trinajstić information content (AvgIpc) is 2.74. The van der Waals surface area contributed by atoms with Gasteiger partial charge in [-0.3, -0.25) is 9.69 Å². The highest BCUT2D eigenvalue weighted by atomic mass is 79.9. The number of piperidine rings is 1. The summed E-state index contributed by atoms with van der Waals surface area (Å²) in [5, 5.41) is 12.2. The van der Waals surface area contributed by atoms with Crippen LogP contribution in [0.25, 0.3) is 10.8 Å². The maximum Gasteiger partial charge on any atom is 0.320 e. The van der Waals surface area contributed by atoms with E-state index in [1.807, 2.05) is 30.3 Å². The summed E-state index contributed by atoms with van der Waals surface area (Å²) in [6.45, 7) is 0.740. The van der Waals surface area contributed by atoms with E-state index in [2.05, 4.69) is 51.2 Å². The van der Waals surface area contributed by atoms with Crippen molar-refractivity contribution in [1.82, 2.24) is 4.90 Å². The predicted octanol–water partition coefficient (Wildman–Crippen LogP) is 5.64. The lowest BCUT2D eigenvalue weighted by Crippen LogP contribution is -2.46. The zero-order valence-corrected chi connectivity index (χ0v) is 17.9. The number of halogens is 1. The van der Waals surface area contributed by atoms with E-state index < -0.39 is 12.0 Å². The predicted molar refractivity (Wildman–Crippen MR) is 118 cm³/mol. The Balaban J connectivity index is 1.91. The minimum absolute atomic E-state index is 0.201. The van der Waals surface area contributed by atoms with Crippen LogP contribution in [-0.2, 0) is 4.79 Å². The summed E-state index contributed by atoms with van der Waals surface area (Å²) < 4.78 is 6.63. The van der Waals surface area contributed by atoms with Crippen molar-refractivity contribution in [2.75, 3.05) is 13.7 Å². The minimum atomic E-state index is -0.760. The molecule has 0 amide bonds. The molecule has 0 radical (unpaired) electrons. The van der Waals surface area contributed by atoms with Crippen LogP contribution in [0.2, 0.25) is 0 Å². The Morgan fingerprint density at radius 1 is 1.10 bits per heavy atom. The average molecular weight is 454 g/mol. The zero-order valence-electron chi connectivity index (χ0n) is 16.3. The van der Waals surface area contributed by atoms with Gasteiger partial charge in [0.05, 0.1) is 13.2 Å². The van der Waals surface area contributed by atoms with Crippen LogP contribution in [0.5, 0.6) is 5.75 Å². The lowest BCUT2D eigenvalue weighted by molar-refractivity contribution is -0.145. The largest absolute Gasteiger partial charge is 0.496 e. The molecule has 0 aliphatic carbocycles. The van der Waals surface area contributed by atoms with E-state index in [4.69, 9.17) is 4.74 Å². The van der Waals surface area contributed by atoms with Crippen molar-refractivity contribution in [1.29, 1.82) is 0 Å². The third-order valence-electron chi connectivity index (χ3n) is 5.74. The first kappa shape index (κ1) is 19.9. The maximum atomic E-state index is 12.1. The van der Waals surface area contributed by atoms with Gasteiger partial charge in [-0.25, -0.2) is 0 Å². The number of ether oxygens (including phenoxy) is 1. The molecule has 1 aliphatic rings. The van der Waals surface area contributed by atoms with Gasteiger partial charge in [0.1, 0.15) is 11.8 Å². The Morgan fingerprint density at radius 2 is 1.90 bits per heavy atom. The molecule has 3 aromatic rings. The van der Waals surface area contributed by atoms with E-state index in [-0.39, 0.29) is 6.04 Å². The van der Waals surface area contributed by atoms with Crippen LogP contribution in [0.4, 0.5) is 0 Å². The number of carboxylic acids is 1. The number of carbonyl (C=O) groups is 1. The van der Waals surface area contributed by atoms with Gasteiger partial charge in [0.15, 0.2) is 0 Å². The van der Waals surface area contributed by atoms with Gasteiger partial charge in [0, 0.05) is 10.0 Å². The fourth-order valence-electron chi connectivity index (χ4n) is 4.37. The molecule has 0 aromatic heterocycles. The maximum absolute atomic E-state index is 12.1. The number of nitrogens with zero attached hydrogens (tertiary/aromatic N) is 1. The molecule has 150 valence electrons. The van der Waals surface area contributed by atoms with E-state index in [9.17, 15) is 9.90 Å². The van der Waals surface area contributed by atoms with Crippen molar-refractivity contribution in [2.24, 2.45) is 0 Å². The standard InChI is InChI=1S/C24H24BrNO3/c1-29-22-12-11-19(25)15-20(22)23(26-13-5-4-8-21(26)24(27)28)18-10-9-16-6-2-3-7-17(16)14-18/h2-3,6-7,9-12,14-15,21,23H,4-5,8,13H2,1H3,(H,27,28). The number of methoxy groups -OCH3 is 1. The molecule has 0 spiro atoms. The molecule has 4 rings (SSSR count). The molecule has 1 heterocycles. The molecule has 1 fully saturated rings. The van der Waals surface area contributed by atoms with Crippen molar-refractivity contribution in [3.8, 4) is 5.75 Å². The van der Waals surface area contributed by atoms with Crippen LogP contribution in [0, 0.1) is 0 Å². The van der Waals surface area contributed by atoms with Gasteiger partial charge in [0.2, 0.25) is 0 Å². The molecule has 1 saturated heterocycles. The van der Waals surface area contributed by atoms with Crippen LogP contribution >= 0.6 is 15.9 Å². The van der Waals surface area contributed by atoms with Crippen molar-refractivity contribution in [3.05, 3.63) is 76.3 Å². The molecule has 1 aliphatic heterocycles. The smallest absolute Gasteiger partial charge is 0.320 e. The highest BCUT2D eigenvalue weighted by Gasteiger charge is 2.36. The first-order valence-corrected chi connectivity index (χ1v) is 10.7. The molecular formula is C24H24BrNO3. The molecular weight excluding hydrogens is 430 g/mol. The van der Waals surface area contributed by atoms with Crippen LogP contribution in [-0.4, -0.2) is 35.7 Å². The van der Waals surface area contributed by atoms with Gasteiger partial charge in [-0.05, 0) is 60.0 Å². The summed E-state index contributed by atoms with van der Waals surface area (Å²) in [6, 6.07) is 19.9. The Morgan fingerprint density at radius 3 is 2.66 bits per heavy atom. The number of carboxylic acid groups (broad SMARTS) is 1. The minimum Gasteiger partial charge on any atom is -0.496 e. The molecule has 4 nitrogen and oxygen atoms in total. The number of hydrogen-bond acceptors (Lipinski definition) is 3. The molecule has 0 saturated carbocycles. The summed E-state index contributed by atoms with van der Waals surface area (Å²) in [6.07, 6.45) is 2.59. The summed E-state index contributed by atoms with van der Waals surface area (Å²) in [5.41, 5.74) is 2.05. The summed E-state index contributed by atoms with van der Waals surface area (Å²) in [7, 11) is 1.66. The van der Waals surface area contributed by atoms with Crippen LogP contribution < -0.4 is 4.74 Å². The molecule has 2 atom stereocenters. The number of fused-ring (bicyclic) bond motifs is 1. The fourth-order valence-corrected chi connectivity index (χ4v) is 4.75. The van der Waals surface area contributed by atoms with E-state index >= 15 is 0 Å². The number of aliphatic carboxylic acids is 1. The topological polar surface area (TPSA) is 49.8 Å². The lowest BCUT2D eigenvalue weighted by Gasteiger charge is -2.40. The Hall–Kier alpha value is -2.37. The van der Waals surface area contributed by atoms with E-state index in [0.717, 1.165) is 46.1 Å². The molecule has 2 unspecified atom stereocenters. The fraction of sp³-hybridized carbons (Fsp3) is 0.292. The monoisotopic (exact) mass is 453 g/mol. The SMILES string of the molecule is COc1ccc(Br)cc1C(c1ccc2ccccc2c1)N1CCCCC1C(=O)O. The van der Waals surface area contributed by atoms with Crippen molar-refractivity contribution >= 4 is 32.7 Å². The third-order valence-corrected chi connectivity index (χ3v) is 6.23. The van der Waals surface area contributed by atoms with Gasteiger partial charge >= 0.3 is 5.97 Å². The number of benzene rings is 3. The van der Waals surface area contributed by atoms with Crippen molar-refractivity contribution < 1.29 is 14.6 Å². The van der Waals surface area contributed by atoms with Crippen LogP contribution in [0.3, 0.4) is 0 Å². The zero-order chi connectivity index (χ0) is 20.4. The van der Waals surface area contributed by atoms with Crippen LogP contribution in [0.1, 0.15) is 36.4 Å². The van der Waals surface area contributed by atoms with E-state index in [1.165, 1.54) is 5.39 Å². The van der Waals surface area contributed by atoms with E-state index in [0.29, 0.717) is 6.42 Å². The first-order valence-electron chi connectivity index (χ1n) is 9.89. The third kappa shape index (κ3) is 4.02. The Bertz CT molecular complexity index is 1040. The Labute approximate surface area is 179 Å². The second-order valence-corrected chi connectivity index (χ2v) is 8.40. The van der Waals surface area contributed by atoms with Gasteiger partial charge in [-0.1, -0.05) is 58.7 Å². The second-order valence-electron chi connectivity index (χ2n) is 7.48. The molecule has 5 heteroatoms. The highest BCUT2D eigenvalue weighted by Crippen LogP contribution is 2.40. The van der Waals surface area contributed by atoms with Crippen LogP contribution in [0.15, 0.2) is 65.1 Å². The summed E-state index contributed by atoms with van der Waals surface area (Å²) in [5.74, 6) is 0.00511.